The summed E-state index contributed by atoms with van der Waals surface area (Å²) in [6.45, 7) is 4.22. The molecule has 11 heteroatoms. The van der Waals surface area contributed by atoms with E-state index >= 15 is 0 Å². The van der Waals surface area contributed by atoms with Crippen molar-refractivity contribution in [2.45, 2.75) is 58.5 Å². The quantitative estimate of drug-likeness (QED) is 0.148. The van der Waals surface area contributed by atoms with Gasteiger partial charge in [-0.3, -0.25) is 24.7 Å². The minimum atomic E-state index is -0.483. The second-order valence-electron chi connectivity index (χ2n) is 9.54. The summed E-state index contributed by atoms with van der Waals surface area (Å²) in [5, 5.41) is 25.1. The number of nitrogens with one attached hydrogen (secondary N) is 1. The molecule has 1 fully saturated rings. The Morgan fingerprint density at radius 1 is 1.27 bits per heavy atom. The van der Waals surface area contributed by atoms with E-state index in [0.29, 0.717) is 10.8 Å². The molecule has 0 radical (unpaired) electrons. The predicted molar refractivity (Wildman–Crippen MR) is 136 cm³/mol. The standard InChI is InChI=1S/C26H29N6O3S.BrH/c1-17-11-18(2)31(29-17)26(19-7-4-3-5-8-19)23-13-22(27-28-23)20-9-6-10-30(14-20)15-24(33)25-12-21(16-36-25)32(34)35;/h6,9-14,16,19,26H,3-5,7-8,15H2,1-2H3,(H,27,28);1H/q+1;/p-1. The fourth-order valence-corrected chi connectivity index (χ4v) is 5.96. The minimum Gasteiger partial charge on any atom is -1.00 e. The molecular formula is C26H29BrN6O3S. The van der Waals surface area contributed by atoms with E-state index in [0.717, 1.165) is 39.7 Å². The first-order chi connectivity index (χ1) is 17.4. The van der Waals surface area contributed by atoms with Crippen LogP contribution in [0.5, 0.6) is 0 Å². The van der Waals surface area contributed by atoms with Crippen LogP contribution in [-0.2, 0) is 6.54 Å². The summed E-state index contributed by atoms with van der Waals surface area (Å²) in [5.41, 5.74) is 4.85. The van der Waals surface area contributed by atoms with Gasteiger partial charge < -0.3 is 17.0 Å². The van der Waals surface area contributed by atoms with Crippen LogP contribution in [0.15, 0.2) is 48.1 Å². The number of Topliss-reactive ketones (excluding diaryl/α,β-unsaturated/α-hetero) is 1. The summed E-state index contributed by atoms with van der Waals surface area (Å²) >= 11 is 1.10. The molecule has 194 valence electrons. The molecule has 0 aliphatic heterocycles. The van der Waals surface area contributed by atoms with Gasteiger partial charge in [0.15, 0.2) is 12.4 Å². The molecule has 0 bridgehead atoms. The number of hydrogen-bond acceptors (Lipinski definition) is 6. The number of carbonyl (C=O) groups is 1. The third kappa shape index (κ3) is 5.88. The normalized spacial score (nSPS) is 14.8. The maximum Gasteiger partial charge on any atom is 0.280 e. The summed E-state index contributed by atoms with van der Waals surface area (Å²) in [4.78, 5) is 23.5. The molecule has 9 nitrogen and oxygen atoms in total. The maximum absolute atomic E-state index is 12.7. The van der Waals surface area contributed by atoms with Gasteiger partial charge in [0.1, 0.15) is 0 Å². The number of halogens is 1. The first-order valence-electron chi connectivity index (χ1n) is 12.2. The second kappa shape index (κ2) is 11.5. The average molecular weight is 586 g/mol. The van der Waals surface area contributed by atoms with Crippen molar-refractivity contribution in [1.82, 2.24) is 20.0 Å². The zero-order chi connectivity index (χ0) is 25.2. The lowest BCUT2D eigenvalue weighted by Crippen LogP contribution is -3.00. The largest absolute Gasteiger partial charge is 1.00 e. The van der Waals surface area contributed by atoms with Crippen molar-refractivity contribution < 1.29 is 31.3 Å². The summed E-state index contributed by atoms with van der Waals surface area (Å²) in [6, 6.07) is 9.49. The van der Waals surface area contributed by atoms with Crippen LogP contribution in [0.3, 0.4) is 0 Å². The van der Waals surface area contributed by atoms with Gasteiger partial charge in [-0.2, -0.15) is 14.8 Å². The summed E-state index contributed by atoms with van der Waals surface area (Å²) in [5.74, 6) is 0.323. The van der Waals surface area contributed by atoms with E-state index in [-0.39, 0.29) is 41.0 Å². The van der Waals surface area contributed by atoms with Crippen LogP contribution in [0.2, 0.25) is 0 Å². The minimum absolute atomic E-state index is 0. The van der Waals surface area contributed by atoms with Gasteiger partial charge in [-0.25, -0.2) is 0 Å². The predicted octanol–water partition coefficient (Wildman–Crippen LogP) is 2.20. The highest BCUT2D eigenvalue weighted by Crippen LogP contribution is 2.37. The third-order valence-corrected chi connectivity index (χ3v) is 7.83. The average Bonchev–Trinajstić information content (AvgIpc) is 3.61. The first-order valence-corrected chi connectivity index (χ1v) is 13.1. The van der Waals surface area contributed by atoms with Gasteiger partial charge in [0.05, 0.1) is 43.9 Å². The van der Waals surface area contributed by atoms with E-state index in [2.05, 4.69) is 28.8 Å². The third-order valence-electron chi connectivity index (χ3n) is 6.87. The van der Waals surface area contributed by atoms with Crippen molar-refractivity contribution in [3.05, 3.63) is 80.2 Å². The molecule has 4 aromatic heterocycles. The van der Waals surface area contributed by atoms with Gasteiger partial charge in [-0.05, 0) is 50.8 Å². The molecule has 1 N–H and O–H groups in total. The highest BCUT2D eigenvalue weighted by atomic mass is 79.9. The lowest BCUT2D eigenvalue weighted by molar-refractivity contribution is -0.682. The Morgan fingerprint density at radius 3 is 2.73 bits per heavy atom. The molecular weight excluding hydrogens is 556 g/mol. The Balaban J connectivity index is 0.00000320. The molecule has 4 aromatic rings. The molecule has 5 rings (SSSR count). The highest BCUT2D eigenvalue weighted by molar-refractivity contribution is 7.12. The SMILES string of the molecule is Cc1cc(C)n(C(c2cc(-c3ccc[n+](CC(=O)c4cc([N+](=O)[O-])cs4)c3)[nH]n2)C2CCCCC2)n1.[Br-]. The number of thiophene rings is 1. The number of aromatic nitrogens is 5. The number of H-pyrrole nitrogens is 1. The van der Waals surface area contributed by atoms with Crippen molar-refractivity contribution >= 4 is 22.8 Å². The number of aryl methyl sites for hydroxylation is 2. The molecule has 1 aliphatic rings. The van der Waals surface area contributed by atoms with E-state index in [1.807, 2.05) is 31.5 Å². The van der Waals surface area contributed by atoms with Crippen LogP contribution >= 0.6 is 11.3 Å². The number of aromatic amines is 1. The smallest absolute Gasteiger partial charge is 0.280 e. The van der Waals surface area contributed by atoms with Crippen LogP contribution in [-0.4, -0.2) is 30.7 Å². The van der Waals surface area contributed by atoms with Gasteiger partial charge in [0.25, 0.3) is 5.69 Å². The Bertz CT molecular complexity index is 1400. The first kappa shape index (κ1) is 26.9. The van der Waals surface area contributed by atoms with Crippen molar-refractivity contribution in [3.63, 3.8) is 0 Å². The van der Waals surface area contributed by atoms with E-state index in [1.165, 1.54) is 43.6 Å². The number of ketones is 1. The number of nitrogens with zero attached hydrogens (tertiary/aromatic N) is 5. The topological polar surface area (TPSA) is 111 Å². The van der Waals surface area contributed by atoms with Crippen LogP contribution in [0.25, 0.3) is 11.3 Å². The van der Waals surface area contributed by atoms with Gasteiger partial charge in [-0.1, -0.05) is 19.3 Å². The van der Waals surface area contributed by atoms with Crippen molar-refractivity contribution in [1.29, 1.82) is 0 Å². The molecule has 1 atom stereocenters. The lowest BCUT2D eigenvalue weighted by Gasteiger charge is -2.30. The number of rotatable bonds is 8. The van der Waals surface area contributed by atoms with E-state index in [1.54, 1.807) is 4.57 Å². The Kier molecular flexibility index (Phi) is 8.33. The molecule has 1 saturated carbocycles. The molecule has 37 heavy (non-hydrogen) atoms. The monoisotopic (exact) mass is 584 g/mol. The van der Waals surface area contributed by atoms with Crippen LogP contribution < -0.4 is 21.5 Å². The van der Waals surface area contributed by atoms with Crippen LogP contribution in [0.1, 0.15) is 64.9 Å². The lowest BCUT2D eigenvalue weighted by atomic mass is 9.82. The van der Waals surface area contributed by atoms with E-state index < -0.39 is 4.92 Å². The summed E-state index contributed by atoms with van der Waals surface area (Å²) in [7, 11) is 0. The zero-order valence-corrected chi connectivity index (χ0v) is 23.2. The van der Waals surface area contributed by atoms with Gasteiger partial charge >= 0.3 is 0 Å². The van der Waals surface area contributed by atoms with E-state index in [9.17, 15) is 14.9 Å². The molecule has 0 amide bonds. The summed E-state index contributed by atoms with van der Waals surface area (Å²) in [6.07, 6.45) is 9.81. The van der Waals surface area contributed by atoms with Crippen molar-refractivity contribution in [2.24, 2.45) is 5.92 Å². The molecule has 0 spiro atoms. The van der Waals surface area contributed by atoms with Crippen molar-refractivity contribution in [3.8, 4) is 11.3 Å². The highest BCUT2D eigenvalue weighted by Gasteiger charge is 2.30. The number of hydrogen-bond donors (Lipinski definition) is 1. The van der Waals surface area contributed by atoms with Gasteiger partial charge in [0, 0.05) is 17.8 Å². The van der Waals surface area contributed by atoms with Crippen LogP contribution in [0, 0.1) is 29.9 Å². The Labute approximate surface area is 229 Å². The fourth-order valence-electron chi connectivity index (χ4n) is 5.17. The van der Waals surface area contributed by atoms with Gasteiger partial charge in [-0.15, -0.1) is 11.3 Å². The molecule has 1 aliphatic carbocycles. The molecule has 1 unspecified atom stereocenters. The Morgan fingerprint density at radius 2 is 2.05 bits per heavy atom. The fraction of sp³-hybridized carbons (Fsp3) is 0.385. The van der Waals surface area contributed by atoms with Crippen LogP contribution in [0.4, 0.5) is 5.69 Å². The number of carbonyl (C=O) groups excluding carboxylic acids is 1. The maximum atomic E-state index is 12.7. The number of pyridine rings is 1. The summed E-state index contributed by atoms with van der Waals surface area (Å²) < 4.78 is 3.93. The molecule has 0 aromatic carbocycles. The zero-order valence-electron chi connectivity index (χ0n) is 20.8. The van der Waals surface area contributed by atoms with E-state index in [4.69, 9.17) is 10.2 Å². The molecule has 4 heterocycles. The number of nitro groups is 1. The Hall–Kier alpha value is -3.18. The van der Waals surface area contributed by atoms with Crippen molar-refractivity contribution in [2.75, 3.05) is 0 Å². The molecule has 0 saturated heterocycles. The van der Waals surface area contributed by atoms with Gasteiger partial charge in [0.2, 0.25) is 12.3 Å². The second-order valence-corrected chi connectivity index (χ2v) is 10.4.